The van der Waals surface area contributed by atoms with E-state index in [1.165, 1.54) is 0 Å². The third kappa shape index (κ3) is 2.56. The Morgan fingerprint density at radius 3 is 2.79 bits per heavy atom. The van der Waals surface area contributed by atoms with E-state index in [1.54, 1.807) is 4.90 Å². The van der Waals surface area contributed by atoms with Gasteiger partial charge in [-0.3, -0.25) is 4.79 Å². The van der Waals surface area contributed by atoms with Gasteiger partial charge in [0.1, 0.15) is 5.76 Å². The van der Waals surface area contributed by atoms with Gasteiger partial charge in [-0.25, -0.2) is 4.79 Å². The second-order valence-electron chi connectivity index (χ2n) is 7.08. The van der Waals surface area contributed by atoms with Crippen molar-refractivity contribution >= 4 is 12.0 Å². The lowest BCUT2D eigenvalue weighted by atomic mass is 9.81. The maximum absolute atomic E-state index is 12.7. The molecule has 132 valence electrons. The van der Waals surface area contributed by atoms with Gasteiger partial charge in [0.05, 0.1) is 17.2 Å². The number of urea groups is 1. The molecule has 24 heavy (non-hydrogen) atoms. The van der Waals surface area contributed by atoms with Crippen molar-refractivity contribution in [2.75, 3.05) is 13.1 Å². The van der Waals surface area contributed by atoms with Crippen molar-refractivity contribution in [3.05, 3.63) is 17.0 Å². The second-order valence-corrected chi connectivity index (χ2v) is 7.08. The van der Waals surface area contributed by atoms with Gasteiger partial charge >= 0.3 is 12.0 Å². The number of carboxylic acid groups (broad SMARTS) is 1. The van der Waals surface area contributed by atoms with Gasteiger partial charge in [0, 0.05) is 18.7 Å². The SMILES string of the molecule is CCC(NC(=O)N1C[C@@H]2CCC[C@@]2(C(=O)O)C1)c1c(C)noc1C. The zero-order valence-corrected chi connectivity index (χ0v) is 14.5. The number of likely N-dealkylation sites (tertiary alicyclic amines) is 1. The summed E-state index contributed by atoms with van der Waals surface area (Å²) in [7, 11) is 0. The molecule has 0 aromatic carbocycles. The molecule has 0 spiro atoms. The zero-order chi connectivity index (χ0) is 17.5. The Balaban J connectivity index is 1.73. The van der Waals surface area contributed by atoms with E-state index in [0.717, 1.165) is 30.5 Å². The fourth-order valence-electron chi connectivity index (χ4n) is 4.40. The van der Waals surface area contributed by atoms with E-state index >= 15 is 0 Å². The molecule has 1 saturated carbocycles. The van der Waals surface area contributed by atoms with Crippen molar-refractivity contribution in [3.8, 4) is 0 Å². The van der Waals surface area contributed by atoms with Crippen LogP contribution in [0.1, 0.15) is 55.7 Å². The lowest BCUT2D eigenvalue weighted by Crippen LogP contribution is -2.43. The van der Waals surface area contributed by atoms with Gasteiger partial charge in [0.15, 0.2) is 0 Å². The number of carbonyl (C=O) groups excluding carboxylic acids is 1. The number of amides is 2. The fourth-order valence-corrected chi connectivity index (χ4v) is 4.40. The molecule has 1 aromatic heterocycles. The molecule has 0 bridgehead atoms. The van der Waals surface area contributed by atoms with Gasteiger partial charge in [0.25, 0.3) is 0 Å². The average Bonchev–Trinajstić information content (AvgIpc) is 3.18. The maximum atomic E-state index is 12.7. The first-order valence-electron chi connectivity index (χ1n) is 8.60. The summed E-state index contributed by atoms with van der Waals surface area (Å²) in [4.78, 5) is 26.1. The molecule has 1 saturated heterocycles. The van der Waals surface area contributed by atoms with Crippen molar-refractivity contribution in [3.63, 3.8) is 0 Å². The van der Waals surface area contributed by atoms with Crippen LogP contribution in [-0.2, 0) is 4.79 Å². The predicted octanol–water partition coefficient (Wildman–Crippen LogP) is 2.64. The summed E-state index contributed by atoms with van der Waals surface area (Å²) >= 11 is 0. The first-order valence-corrected chi connectivity index (χ1v) is 8.60. The molecule has 2 fully saturated rings. The molecule has 1 aliphatic heterocycles. The van der Waals surface area contributed by atoms with E-state index in [0.29, 0.717) is 25.3 Å². The number of nitrogens with one attached hydrogen (secondary N) is 1. The van der Waals surface area contributed by atoms with Crippen LogP contribution in [0.25, 0.3) is 0 Å². The van der Waals surface area contributed by atoms with Crippen LogP contribution in [0.5, 0.6) is 0 Å². The highest BCUT2D eigenvalue weighted by Gasteiger charge is 2.55. The van der Waals surface area contributed by atoms with Crippen molar-refractivity contribution < 1.29 is 19.2 Å². The summed E-state index contributed by atoms with van der Waals surface area (Å²) < 4.78 is 5.20. The summed E-state index contributed by atoms with van der Waals surface area (Å²) in [6.07, 6.45) is 3.20. The standard InChI is InChI=1S/C17H25N3O4/c1-4-13(14-10(2)19-24-11(14)3)18-16(23)20-8-12-6-5-7-17(12,9-20)15(21)22/h12-13H,4-9H2,1-3H3,(H,18,23)(H,21,22)/t12-,13?,17+/m0/s1. The molecule has 2 N–H and O–H groups in total. The third-order valence-corrected chi connectivity index (χ3v) is 5.73. The first-order chi connectivity index (χ1) is 11.4. The highest BCUT2D eigenvalue weighted by atomic mass is 16.5. The number of hydrogen-bond donors (Lipinski definition) is 2. The number of aromatic nitrogens is 1. The van der Waals surface area contributed by atoms with Gasteiger partial charge in [-0.05, 0) is 39.0 Å². The van der Waals surface area contributed by atoms with Gasteiger partial charge in [-0.2, -0.15) is 0 Å². The van der Waals surface area contributed by atoms with E-state index in [-0.39, 0.29) is 18.0 Å². The minimum absolute atomic E-state index is 0.0693. The van der Waals surface area contributed by atoms with Gasteiger partial charge < -0.3 is 19.8 Å². The number of hydrogen-bond acceptors (Lipinski definition) is 4. The molecule has 2 heterocycles. The van der Waals surface area contributed by atoms with Crippen molar-refractivity contribution in [1.29, 1.82) is 0 Å². The quantitative estimate of drug-likeness (QED) is 0.882. The minimum Gasteiger partial charge on any atom is -0.481 e. The van der Waals surface area contributed by atoms with E-state index in [1.807, 2.05) is 20.8 Å². The number of fused-ring (bicyclic) bond motifs is 1. The molecule has 0 radical (unpaired) electrons. The Labute approximate surface area is 141 Å². The second kappa shape index (κ2) is 6.11. The lowest BCUT2D eigenvalue weighted by Gasteiger charge is -2.25. The van der Waals surface area contributed by atoms with Crippen LogP contribution in [0.2, 0.25) is 0 Å². The largest absolute Gasteiger partial charge is 0.481 e. The third-order valence-electron chi connectivity index (χ3n) is 5.73. The monoisotopic (exact) mass is 335 g/mol. The number of aryl methyl sites for hydroxylation is 2. The van der Waals surface area contributed by atoms with Crippen molar-refractivity contribution in [2.24, 2.45) is 11.3 Å². The van der Waals surface area contributed by atoms with Gasteiger partial charge in [-0.15, -0.1) is 0 Å². The number of carbonyl (C=O) groups is 2. The summed E-state index contributed by atoms with van der Waals surface area (Å²) in [6, 6.07) is -0.373. The van der Waals surface area contributed by atoms with E-state index in [9.17, 15) is 14.7 Å². The van der Waals surface area contributed by atoms with Crippen LogP contribution in [0.15, 0.2) is 4.52 Å². The molecule has 7 nitrogen and oxygen atoms in total. The van der Waals surface area contributed by atoms with Crippen LogP contribution >= 0.6 is 0 Å². The molecule has 3 rings (SSSR count). The summed E-state index contributed by atoms with van der Waals surface area (Å²) in [6.45, 7) is 6.52. The van der Waals surface area contributed by atoms with Crippen LogP contribution in [-0.4, -0.2) is 40.3 Å². The Hall–Kier alpha value is -2.05. The Kier molecular flexibility index (Phi) is 4.27. The molecule has 2 amide bonds. The minimum atomic E-state index is -0.766. The summed E-state index contributed by atoms with van der Waals surface area (Å²) in [5.41, 5.74) is 0.945. The molecule has 1 aliphatic carbocycles. The Morgan fingerprint density at radius 2 is 2.25 bits per heavy atom. The first kappa shape index (κ1) is 16.8. The van der Waals surface area contributed by atoms with Gasteiger partial charge in [-0.1, -0.05) is 18.5 Å². The van der Waals surface area contributed by atoms with Gasteiger partial charge in [0.2, 0.25) is 0 Å². The van der Waals surface area contributed by atoms with Crippen LogP contribution < -0.4 is 5.32 Å². The summed E-state index contributed by atoms with van der Waals surface area (Å²) in [5, 5.41) is 16.6. The Morgan fingerprint density at radius 1 is 1.50 bits per heavy atom. The Bertz CT molecular complexity index is 637. The van der Waals surface area contributed by atoms with Crippen LogP contribution in [0.4, 0.5) is 4.79 Å². The van der Waals surface area contributed by atoms with Crippen LogP contribution in [0, 0.1) is 25.2 Å². The molecular weight excluding hydrogens is 310 g/mol. The molecule has 2 aliphatic rings. The fraction of sp³-hybridized carbons (Fsp3) is 0.706. The van der Waals surface area contributed by atoms with E-state index < -0.39 is 11.4 Å². The average molecular weight is 335 g/mol. The molecular formula is C17H25N3O4. The maximum Gasteiger partial charge on any atom is 0.317 e. The molecule has 7 heteroatoms. The number of rotatable bonds is 4. The van der Waals surface area contributed by atoms with E-state index in [2.05, 4.69) is 10.5 Å². The summed E-state index contributed by atoms with van der Waals surface area (Å²) in [5.74, 6) is 0.0119. The van der Waals surface area contributed by atoms with E-state index in [4.69, 9.17) is 4.52 Å². The number of aliphatic carboxylic acids is 1. The zero-order valence-electron chi connectivity index (χ0n) is 14.5. The highest BCUT2D eigenvalue weighted by molar-refractivity contribution is 5.80. The smallest absolute Gasteiger partial charge is 0.317 e. The normalized spacial score (nSPS) is 27.1. The topological polar surface area (TPSA) is 95.7 Å². The van der Waals surface area contributed by atoms with Crippen LogP contribution in [0.3, 0.4) is 0 Å². The molecule has 1 unspecified atom stereocenters. The molecule has 3 atom stereocenters. The van der Waals surface area contributed by atoms with Crippen molar-refractivity contribution in [2.45, 2.75) is 52.5 Å². The highest BCUT2D eigenvalue weighted by Crippen LogP contribution is 2.48. The lowest BCUT2D eigenvalue weighted by molar-refractivity contribution is -0.149. The van der Waals surface area contributed by atoms with Crippen molar-refractivity contribution in [1.82, 2.24) is 15.4 Å². The number of nitrogens with zero attached hydrogens (tertiary/aromatic N) is 2. The molecule has 1 aromatic rings. The predicted molar refractivity (Wildman–Crippen MR) is 86.5 cm³/mol. The number of carboxylic acids is 1.